The van der Waals surface area contributed by atoms with Crippen molar-refractivity contribution in [1.29, 1.82) is 0 Å². The van der Waals surface area contributed by atoms with E-state index in [-0.39, 0.29) is 10.8 Å². The standard InChI is InChI=1S/C29H29N3O5S/c1-37-20-23-6-2-3-9-25(23)29(34)15-18-32(19-16-29)28(33)22-11-13-24(14-12-22)31-38(35,36)26-10-4-7-21-8-5-17-30-27(21)26/h2-14,17,31,34H,15-16,18-20H2,1H3. The van der Waals surface area contributed by atoms with Gasteiger partial charge in [-0.2, -0.15) is 0 Å². The van der Waals surface area contributed by atoms with Crippen LogP contribution in [-0.2, 0) is 27.0 Å². The van der Waals surface area contributed by atoms with Crippen LogP contribution < -0.4 is 4.72 Å². The number of aromatic nitrogens is 1. The third-order valence-corrected chi connectivity index (χ3v) is 8.38. The smallest absolute Gasteiger partial charge is 0.264 e. The molecule has 1 fully saturated rings. The number of sulfonamides is 1. The lowest BCUT2D eigenvalue weighted by Crippen LogP contribution is -2.45. The van der Waals surface area contributed by atoms with Crippen LogP contribution in [-0.4, -0.2) is 49.5 Å². The van der Waals surface area contributed by atoms with E-state index in [4.69, 9.17) is 4.74 Å². The van der Waals surface area contributed by atoms with Gasteiger partial charge >= 0.3 is 0 Å². The summed E-state index contributed by atoms with van der Waals surface area (Å²) in [5.74, 6) is -0.162. The molecule has 0 atom stereocenters. The minimum atomic E-state index is -3.89. The first-order valence-electron chi connectivity index (χ1n) is 12.4. The minimum Gasteiger partial charge on any atom is -0.385 e. The van der Waals surface area contributed by atoms with E-state index in [1.807, 2.05) is 36.4 Å². The Bertz CT molecular complexity index is 1560. The number of amides is 1. The van der Waals surface area contributed by atoms with E-state index in [9.17, 15) is 18.3 Å². The number of carbonyl (C=O) groups is 1. The third-order valence-electron chi connectivity index (χ3n) is 6.97. The molecule has 1 aliphatic rings. The first-order valence-corrected chi connectivity index (χ1v) is 13.8. The Labute approximate surface area is 222 Å². The van der Waals surface area contributed by atoms with Crippen molar-refractivity contribution < 1.29 is 23.1 Å². The summed E-state index contributed by atoms with van der Waals surface area (Å²) in [4.78, 5) is 19.2. The van der Waals surface area contributed by atoms with Gasteiger partial charge in [-0.1, -0.05) is 42.5 Å². The lowest BCUT2D eigenvalue weighted by atomic mass is 9.82. The molecule has 1 saturated heterocycles. The van der Waals surface area contributed by atoms with Gasteiger partial charge in [0.15, 0.2) is 0 Å². The fourth-order valence-corrected chi connectivity index (χ4v) is 6.21. The van der Waals surface area contributed by atoms with E-state index in [1.54, 1.807) is 54.6 Å². The van der Waals surface area contributed by atoms with E-state index >= 15 is 0 Å². The molecule has 0 spiro atoms. The molecule has 1 amide bonds. The van der Waals surface area contributed by atoms with Crippen molar-refractivity contribution >= 4 is 32.5 Å². The number of nitrogens with zero attached hydrogens (tertiary/aromatic N) is 2. The van der Waals surface area contributed by atoms with Gasteiger partial charge in [-0.3, -0.25) is 14.5 Å². The molecular formula is C29H29N3O5S. The number of ether oxygens (including phenoxy) is 1. The molecule has 8 nitrogen and oxygen atoms in total. The van der Waals surface area contributed by atoms with Crippen LogP contribution in [0.1, 0.15) is 34.3 Å². The zero-order chi connectivity index (χ0) is 26.8. The van der Waals surface area contributed by atoms with Crippen molar-refractivity contribution in [3.8, 4) is 0 Å². The van der Waals surface area contributed by atoms with Gasteiger partial charge in [0.1, 0.15) is 4.90 Å². The molecule has 0 aliphatic carbocycles. The molecule has 5 rings (SSSR count). The highest BCUT2D eigenvalue weighted by atomic mass is 32.2. The monoisotopic (exact) mass is 531 g/mol. The SMILES string of the molecule is COCc1ccccc1C1(O)CCN(C(=O)c2ccc(NS(=O)(=O)c3cccc4cccnc34)cc2)CC1. The molecule has 9 heteroatoms. The number of benzene rings is 3. The summed E-state index contributed by atoms with van der Waals surface area (Å²) >= 11 is 0. The fraction of sp³-hybridized carbons (Fsp3) is 0.241. The number of nitrogens with one attached hydrogen (secondary N) is 1. The number of carbonyl (C=O) groups excluding carboxylic acids is 1. The Balaban J connectivity index is 1.26. The first kappa shape index (κ1) is 25.8. The summed E-state index contributed by atoms with van der Waals surface area (Å²) in [5, 5.41) is 12.1. The van der Waals surface area contributed by atoms with Gasteiger partial charge in [0.2, 0.25) is 0 Å². The highest BCUT2D eigenvalue weighted by Gasteiger charge is 2.37. The van der Waals surface area contributed by atoms with E-state index in [1.165, 1.54) is 6.07 Å². The predicted molar refractivity (Wildman–Crippen MR) is 145 cm³/mol. The largest absolute Gasteiger partial charge is 0.385 e. The molecule has 0 saturated carbocycles. The van der Waals surface area contributed by atoms with Crippen LogP contribution in [0.2, 0.25) is 0 Å². The number of pyridine rings is 1. The molecule has 2 heterocycles. The lowest BCUT2D eigenvalue weighted by Gasteiger charge is -2.39. The zero-order valence-electron chi connectivity index (χ0n) is 21.0. The summed E-state index contributed by atoms with van der Waals surface area (Å²) in [6, 6.07) is 22.6. The molecule has 196 valence electrons. The molecule has 4 aromatic rings. The van der Waals surface area contributed by atoms with Crippen molar-refractivity contribution in [2.75, 3.05) is 24.9 Å². The summed E-state index contributed by atoms with van der Waals surface area (Å²) in [7, 11) is -2.26. The van der Waals surface area contributed by atoms with Gasteiger partial charge in [-0.25, -0.2) is 8.42 Å². The fourth-order valence-electron chi connectivity index (χ4n) is 4.97. The number of rotatable bonds is 7. The minimum absolute atomic E-state index is 0.0867. The van der Waals surface area contributed by atoms with E-state index < -0.39 is 15.6 Å². The quantitative estimate of drug-likeness (QED) is 0.368. The van der Waals surface area contributed by atoms with Gasteiger partial charge in [0.05, 0.1) is 17.7 Å². The highest BCUT2D eigenvalue weighted by Crippen LogP contribution is 2.35. The topological polar surface area (TPSA) is 109 Å². The van der Waals surface area contributed by atoms with Crippen LogP contribution in [0.25, 0.3) is 10.9 Å². The van der Waals surface area contributed by atoms with E-state index in [0.717, 1.165) is 16.5 Å². The van der Waals surface area contributed by atoms with Gasteiger partial charge in [0, 0.05) is 43.0 Å². The number of likely N-dealkylation sites (tertiary alicyclic amines) is 1. The maximum absolute atomic E-state index is 13.2. The van der Waals surface area contributed by atoms with Crippen molar-refractivity contribution in [3.63, 3.8) is 0 Å². The molecular weight excluding hydrogens is 502 g/mol. The Morgan fingerprint density at radius 3 is 2.45 bits per heavy atom. The second kappa shape index (κ2) is 10.5. The number of anilines is 1. The molecule has 0 unspecified atom stereocenters. The predicted octanol–water partition coefficient (Wildman–Crippen LogP) is 4.31. The second-order valence-electron chi connectivity index (χ2n) is 9.43. The maximum atomic E-state index is 13.2. The summed E-state index contributed by atoms with van der Waals surface area (Å²) in [5.41, 5.74) is 1.94. The summed E-state index contributed by atoms with van der Waals surface area (Å²) < 4.78 is 34.0. The molecule has 2 N–H and O–H groups in total. The number of hydrogen-bond donors (Lipinski definition) is 2. The van der Waals surface area contributed by atoms with Crippen molar-refractivity contribution in [2.24, 2.45) is 0 Å². The van der Waals surface area contributed by atoms with Crippen LogP contribution >= 0.6 is 0 Å². The zero-order valence-corrected chi connectivity index (χ0v) is 21.8. The van der Waals surface area contributed by atoms with E-state index in [2.05, 4.69) is 9.71 Å². The molecule has 0 radical (unpaired) electrons. The van der Waals surface area contributed by atoms with Crippen molar-refractivity contribution in [1.82, 2.24) is 9.88 Å². The van der Waals surface area contributed by atoms with Gasteiger partial charge in [0.25, 0.3) is 15.9 Å². The first-order chi connectivity index (χ1) is 18.3. The Hall–Kier alpha value is -3.79. The molecule has 3 aromatic carbocycles. The Morgan fingerprint density at radius 2 is 1.71 bits per heavy atom. The van der Waals surface area contributed by atoms with Gasteiger partial charge < -0.3 is 14.7 Å². The Morgan fingerprint density at radius 1 is 1.00 bits per heavy atom. The highest BCUT2D eigenvalue weighted by molar-refractivity contribution is 7.93. The number of aliphatic hydroxyl groups is 1. The van der Waals surface area contributed by atoms with E-state index in [0.29, 0.717) is 49.3 Å². The number of fused-ring (bicyclic) bond motifs is 1. The Kier molecular flexibility index (Phi) is 7.16. The number of hydrogen-bond acceptors (Lipinski definition) is 6. The van der Waals surface area contributed by atoms with Crippen LogP contribution in [0.4, 0.5) is 5.69 Å². The summed E-state index contributed by atoms with van der Waals surface area (Å²) in [6.45, 7) is 1.21. The molecule has 38 heavy (non-hydrogen) atoms. The van der Waals surface area contributed by atoms with Gasteiger partial charge in [-0.05, 0) is 60.4 Å². The van der Waals surface area contributed by atoms with Crippen LogP contribution in [0.15, 0.2) is 90.0 Å². The number of para-hydroxylation sites is 1. The number of methoxy groups -OCH3 is 1. The van der Waals surface area contributed by atoms with Crippen LogP contribution in [0, 0.1) is 0 Å². The van der Waals surface area contributed by atoms with Crippen LogP contribution in [0.5, 0.6) is 0 Å². The molecule has 0 bridgehead atoms. The third kappa shape index (κ3) is 5.13. The molecule has 1 aliphatic heterocycles. The summed E-state index contributed by atoms with van der Waals surface area (Å²) in [6.07, 6.45) is 2.38. The average molecular weight is 532 g/mol. The van der Waals surface area contributed by atoms with Gasteiger partial charge in [-0.15, -0.1) is 0 Å². The maximum Gasteiger partial charge on any atom is 0.264 e. The number of piperidine rings is 1. The van der Waals surface area contributed by atoms with Crippen LogP contribution in [0.3, 0.4) is 0 Å². The molecule has 1 aromatic heterocycles. The van der Waals surface area contributed by atoms with Crippen molar-refractivity contribution in [3.05, 3.63) is 102 Å². The average Bonchev–Trinajstić information content (AvgIpc) is 2.93. The lowest BCUT2D eigenvalue weighted by molar-refractivity contribution is -0.0227. The normalized spacial score (nSPS) is 15.4. The second-order valence-corrected chi connectivity index (χ2v) is 11.1. The van der Waals surface area contributed by atoms with Crippen molar-refractivity contribution in [2.45, 2.75) is 29.9 Å².